The Hall–Kier alpha value is -0.560. The number of hydrogen-bond donors (Lipinski definition) is 5. The molecule has 0 aromatic heterocycles. The lowest BCUT2D eigenvalue weighted by atomic mass is 10.1. The lowest BCUT2D eigenvalue weighted by molar-refractivity contribution is 0.112. The van der Waals surface area contributed by atoms with Crippen molar-refractivity contribution in [3.63, 3.8) is 0 Å². The summed E-state index contributed by atoms with van der Waals surface area (Å²) in [5.41, 5.74) is 1.22. The summed E-state index contributed by atoms with van der Waals surface area (Å²) in [4.78, 5) is 38.0. The van der Waals surface area contributed by atoms with Crippen molar-refractivity contribution in [3.05, 3.63) is 35.9 Å². The van der Waals surface area contributed by atoms with Crippen LogP contribution in [0.2, 0.25) is 0 Å². The van der Waals surface area contributed by atoms with E-state index < -0.39 is 26.7 Å². The third-order valence-electron chi connectivity index (χ3n) is 3.86. The number of nitrogens with zero attached hydrogens (tertiary/aromatic N) is 1. The van der Waals surface area contributed by atoms with Gasteiger partial charge in [-0.15, -0.1) is 0 Å². The largest absolute Gasteiger partial charge is 0.369 e. The standard InChI is InChI=1S/C14H25NO7P2/c1-15(11-6-5-9-13-7-3-2-4-8-13)12-10-14(16,23(17,18)19)24(20,21)22/h2-4,7-8,16H,5-6,9-12H2,1H3,(H2,17,18,19)(H2,20,21,22). The molecule has 1 rings (SSSR count). The summed E-state index contributed by atoms with van der Waals surface area (Å²) >= 11 is 0. The molecule has 24 heavy (non-hydrogen) atoms. The van der Waals surface area contributed by atoms with Gasteiger partial charge in [-0.3, -0.25) is 9.13 Å². The molecule has 0 aliphatic heterocycles. The Balaban J connectivity index is 2.43. The second-order valence-corrected chi connectivity index (χ2v) is 9.87. The van der Waals surface area contributed by atoms with E-state index in [1.54, 1.807) is 11.9 Å². The van der Waals surface area contributed by atoms with Crippen molar-refractivity contribution in [2.45, 2.75) is 30.8 Å². The quantitative estimate of drug-likeness (QED) is 0.302. The SMILES string of the molecule is CN(CCCCc1ccccc1)CCC(O)(P(=O)(O)O)P(=O)(O)O. The molecule has 0 amide bonds. The summed E-state index contributed by atoms with van der Waals surface area (Å²) in [6, 6.07) is 9.94. The van der Waals surface area contributed by atoms with E-state index in [1.165, 1.54) is 5.56 Å². The molecule has 0 heterocycles. The summed E-state index contributed by atoms with van der Waals surface area (Å²) in [5.74, 6) is 0. The fourth-order valence-electron chi connectivity index (χ4n) is 2.27. The minimum atomic E-state index is -5.37. The zero-order chi connectivity index (χ0) is 18.4. The zero-order valence-corrected chi connectivity index (χ0v) is 15.3. The molecule has 8 nitrogen and oxygen atoms in total. The first-order valence-electron chi connectivity index (χ1n) is 7.53. The first-order chi connectivity index (χ1) is 11.0. The molecule has 138 valence electrons. The molecular weight excluding hydrogens is 356 g/mol. The maximum atomic E-state index is 11.3. The van der Waals surface area contributed by atoms with Crippen LogP contribution in [0, 0.1) is 0 Å². The van der Waals surface area contributed by atoms with Crippen molar-refractivity contribution in [1.82, 2.24) is 4.90 Å². The molecule has 0 aliphatic rings. The van der Waals surface area contributed by atoms with Gasteiger partial charge in [-0.05, 0) is 38.4 Å². The Bertz CT molecular complexity index is 576. The Morgan fingerprint density at radius 3 is 2.00 bits per heavy atom. The van der Waals surface area contributed by atoms with Crippen molar-refractivity contribution in [3.8, 4) is 0 Å². The zero-order valence-electron chi connectivity index (χ0n) is 13.5. The minimum Gasteiger partial charge on any atom is -0.367 e. The molecule has 0 radical (unpaired) electrons. The van der Waals surface area contributed by atoms with Crippen molar-refractivity contribution in [2.24, 2.45) is 0 Å². The maximum Gasteiger partial charge on any atom is 0.369 e. The molecule has 0 bridgehead atoms. The average Bonchev–Trinajstić information content (AvgIpc) is 2.48. The summed E-state index contributed by atoms with van der Waals surface area (Å²) in [6.07, 6.45) is 1.92. The van der Waals surface area contributed by atoms with Gasteiger partial charge in [-0.25, -0.2) is 0 Å². The molecule has 0 fully saturated rings. The van der Waals surface area contributed by atoms with Gasteiger partial charge >= 0.3 is 15.2 Å². The van der Waals surface area contributed by atoms with Crippen LogP contribution in [-0.2, 0) is 15.6 Å². The summed E-state index contributed by atoms with van der Waals surface area (Å²) in [6.45, 7) is 0.545. The molecule has 10 heteroatoms. The predicted molar refractivity (Wildman–Crippen MR) is 90.5 cm³/mol. The van der Waals surface area contributed by atoms with Crippen LogP contribution in [0.1, 0.15) is 24.8 Å². The Morgan fingerprint density at radius 2 is 1.50 bits per heavy atom. The first kappa shape index (κ1) is 21.5. The lowest BCUT2D eigenvalue weighted by Gasteiger charge is -2.30. The Labute approximate surface area is 141 Å². The Morgan fingerprint density at radius 1 is 0.958 bits per heavy atom. The summed E-state index contributed by atoms with van der Waals surface area (Å²) < 4.78 is 22.5. The van der Waals surface area contributed by atoms with E-state index in [-0.39, 0.29) is 6.54 Å². The van der Waals surface area contributed by atoms with Crippen molar-refractivity contribution < 1.29 is 33.8 Å². The highest BCUT2D eigenvalue weighted by molar-refractivity contribution is 7.72. The van der Waals surface area contributed by atoms with Crippen LogP contribution in [0.5, 0.6) is 0 Å². The van der Waals surface area contributed by atoms with Crippen molar-refractivity contribution in [1.29, 1.82) is 0 Å². The smallest absolute Gasteiger partial charge is 0.367 e. The third kappa shape index (κ3) is 6.06. The molecular formula is C14H25NO7P2. The van der Waals surface area contributed by atoms with E-state index >= 15 is 0 Å². The van der Waals surface area contributed by atoms with Crippen LogP contribution >= 0.6 is 15.2 Å². The Kier molecular flexibility index (Phi) is 7.78. The van der Waals surface area contributed by atoms with Gasteiger partial charge in [-0.2, -0.15) is 0 Å². The van der Waals surface area contributed by atoms with E-state index in [0.717, 1.165) is 19.3 Å². The molecule has 1 aromatic carbocycles. The molecule has 5 N–H and O–H groups in total. The van der Waals surface area contributed by atoms with Crippen LogP contribution in [0.15, 0.2) is 30.3 Å². The van der Waals surface area contributed by atoms with Crippen LogP contribution in [0.4, 0.5) is 0 Å². The number of aryl methyl sites for hydroxylation is 1. The van der Waals surface area contributed by atoms with Gasteiger partial charge in [0.15, 0.2) is 0 Å². The van der Waals surface area contributed by atoms with Gasteiger partial charge in [-0.1, -0.05) is 30.3 Å². The lowest BCUT2D eigenvalue weighted by Crippen LogP contribution is -2.34. The normalized spacial score (nSPS) is 13.5. The van der Waals surface area contributed by atoms with Crippen LogP contribution in [0.25, 0.3) is 0 Å². The second kappa shape index (κ2) is 8.70. The number of hydrogen-bond acceptors (Lipinski definition) is 4. The number of aliphatic hydroxyl groups is 1. The van der Waals surface area contributed by atoms with Gasteiger partial charge in [0, 0.05) is 13.0 Å². The molecule has 0 saturated carbocycles. The maximum absolute atomic E-state index is 11.3. The third-order valence-corrected chi connectivity index (χ3v) is 7.74. The van der Waals surface area contributed by atoms with Gasteiger partial charge in [0.25, 0.3) is 5.08 Å². The van der Waals surface area contributed by atoms with E-state index in [0.29, 0.717) is 6.54 Å². The van der Waals surface area contributed by atoms with Crippen molar-refractivity contribution in [2.75, 3.05) is 20.1 Å². The number of rotatable bonds is 10. The topological polar surface area (TPSA) is 139 Å². The summed E-state index contributed by atoms with van der Waals surface area (Å²) in [5, 5.41) is 6.47. The van der Waals surface area contributed by atoms with Gasteiger partial charge < -0.3 is 29.6 Å². The molecule has 0 unspecified atom stereocenters. The minimum absolute atomic E-state index is 0.0436. The van der Waals surface area contributed by atoms with E-state index in [2.05, 4.69) is 0 Å². The van der Waals surface area contributed by atoms with Gasteiger partial charge in [0.2, 0.25) is 0 Å². The molecule has 0 saturated heterocycles. The number of unbranched alkanes of at least 4 members (excludes halogenated alkanes) is 1. The second-order valence-electron chi connectivity index (χ2n) is 5.86. The average molecular weight is 381 g/mol. The van der Waals surface area contributed by atoms with Crippen molar-refractivity contribution >= 4 is 15.2 Å². The van der Waals surface area contributed by atoms with E-state index in [9.17, 15) is 14.2 Å². The van der Waals surface area contributed by atoms with Crippen LogP contribution in [-0.4, -0.2) is 54.8 Å². The number of benzene rings is 1. The van der Waals surface area contributed by atoms with Gasteiger partial charge in [0.1, 0.15) is 0 Å². The fourth-order valence-corrected chi connectivity index (χ4v) is 4.41. The fraction of sp³-hybridized carbons (Fsp3) is 0.571. The molecule has 0 spiro atoms. The predicted octanol–water partition coefficient (Wildman–Crippen LogP) is 1.33. The van der Waals surface area contributed by atoms with Gasteiger partial charge in [0.05, 0.1) is 0 Å². The van der Waals surface area contributed by atoms with E-state index in [1.807, 2.05) is 30.3 Å². The highest BCUT2D eigenvalue weighted by Crippen LogP contribution is 2.68. The molecule has 0 atom stereocenters. The molecule has 0 aliphatic carbocycles. The molecule has 1 aromatic rings. The van der Waals surface area contributed by atoms with Crippen LogP contribution in [0.3, 0.4) is 0 Å². The summed E-state index contributed by atoms with van der Waals surface area (Å²) in [7, 11) is -9.07. The van der Waals surface area contributed by atoms with E-state index in [4.69, 9.17) is 19.6 Å². The monoisotopic (exact) mass is 381 g/mol. The van der Waals surface area contributed by atoms with Crippen LogP contribution < -0.4 is 0 Å². The highest BCUT2D eigenvalue weighted by Gasteiger charge is 2.58. The highest BCUT2D eigenvalue weighted by atomic mass is 31.2. The first-order valence-corrected chi connectivity index (χ1v) is 10.8.